The number of carbonyl (C=O) groups is 2. The first-order valence-corrected chi connectivity index (χ1v) is 14.3. The van der Waals surface area contributed by atoms with Crippen LogP contribution in [0.25, 0.3) is 16.8 Å². The van der Waals surface area contributed by atoms with Crippen LogP contribution in [-0.4, -0.2) is 49.0 Å². The van der Waals surface area contributed by atoms with Crippen LogP contribution in [0.2, 0.25) is 0 Å². The molecule has 1 saturated heterocycles. The number of carbonyl (C=O) groups excluding carboxylic acids is 2. The fourth-order valence-corrected chi connectivity index (χ4v) is 5.23. The molecule has 0 saturated carbocycles. The minimum atomic E-state index is -0.340. The number of ether oxygens (including phenoxy) is 4. The van der Waals surface area contributed by atoms with Crippen LogP contribution in [0, 0.1) is 6.92 Å². The molecule has 0 atom stereocenters. The Hall–Kier alpha value is -4.43. The van der Waals surface area contributed by atoms with Crippen molar-refractivity contribution in [2.45, 2.75) is 13.8 Å². The fourth-order valence-electron chi connectivity index (χ4n) is 4.36. The standard InChI is InChI=1S/C33H31NO6S/c1-3-37-30-21-24(13-16-29(30)40-20-19-38-26-14-11-23(2)12-15-26)22-31-32(35)34(33(36)41-31)17-18-39-28-10-6-8-25-7-4-5-9-27(25)28/h4-16,21-22H,3,17-20H2,1-2H3/b31-22-. The van der Waals surface area contributed by atoms with Gasteiger partial charge in [0.15, 0.2) is 11.5 Å². The second kappa shape index (κ2) is 13.3. The van der Waals surface area contributed by atoms with Crippen molar-refractivity contribution in [3.63, 3.8) is 0 Å². The van der Waals surface area contributed by atoms with Gasteiger partial charge >= 0.3 is 0 Å². The predicted molar refractivity (Wildman–Crippen MR) is 162 cm³/mol. The molecule has 8 heteroatoms. The first-order valence-electron chi connectivity index (χ1n) is 13.5. The molecule has 0 radical (unpaired) electrons. The van der Waals surface area contributed by atoms with E-state index >= 15 is 0 Å². The number of thioether (sulfide) groups is 1. The van der Waals surface area contributed by atoms with Gasteiger partial charge in [0.1, 0.15) is 31.3 Å². The van der Waals surface area contributed by atoms with Gasteiger partial charge in [-0.15, -0.1) is 0 Å². The molecule has 4 aromatic carbocycles. The van der Waals surface area contributed by atoms with Crippen LogP contribution in [-0.2, 0) is 4.79 Å². The van der Waals surface area contributed by atoms with E-state index in [0.29, 0.717) is 36.2 Å². The molecule has 1 aliphatic heterocycles. The summed E-state index contributed by atoms with van der Waals surface area (Å²) >= 11 is 0.919. The molecule has 2 amide bonds. The summed E-state index contributed by atoms with van der Waals surface area (Å²) in [5.41, 5.74) is 1.90. The summed E-state index contributed by atoms with van der Waals surface area (Å²) in [5, 5.41) is 1.74. The van der Waals surface area contributed by atoms with Crippen molar-refractivity contribution in [2.24, 2.45) is 0 Å². The predicted octanol–water partition coefficient (Wildman–Crippen LogP) is 7.12. The first-order chi connectivity index (χ1) is 20.0. The molecule has 5 rings (SSSR count). The van der Waals surface area contributed by atoms with Gasteiger partial charge in [-0.3, -0.25) is 14.5 Å². The molecule has 0 N–H and O–H groups in total. The molecule has 0 aliphatic carbocycles. The van der Waals surface area contributed by atoms with Gasteiger partial charge in [-0.2, -0.15) is 0 Å². The second-order valence-corrected chi connectivity index (χ2v) is 10.3. The van der Waals surface area contributed by atoms with Crippen LogP contribution in [0.3, 0.4) is 0 Å². The van der Waals surface area contributed by atoms with Crippen molar-refractivity contribution in [1.29, 1.82) is 0 Å². The largest absolute Gasteiger partial charge is 0.491 e. The Kier molecular flexibility index (Phi) is 9.11. The van der Waals surface area contributed by atoms with Crippen LogP contribution >= 0.6 is 11.8 Å². The smallest absolute Gasteiger partial charge is 0.293 e. The summed E-state index contributed by atoms with van der Waals surface area (Å²) in [4.78, 5) is 27.3. The molecule has 0 spiro atoms. The molecule has 1 heterocycles. The quantitative estimate of drug-likeness (QED) is 0.133. The lowest BCUT2D eigenvalue weighted by Crippen LogP contribution is -2.32. The Morgan fingerprint density at radius 3 is 2.34 bits per heavy atom. The Labute approximate surface area is 243 Å². The van der Waals surface area contributed by atoms with E-state index < -0.39 is 0 Å². The number of benzene rings is 4. The third-order valence-electron chi connectivity index (χ3n) is 6.39. The van der Waals surface area contributed by atoms with E-state index in [1.807, 2.05) is 86.6 Å². The maximum absolute atomic E-state index is 13.1. The number of hydrogen-bond acceptors (Lipinski definition) is 7. The van der Waals surface area contributed by atoms with Gasteiger partial charge < -0.3 is 18.9 Å². The Balaban J connectivity index is 1.19. The second-order valence-electron chi connectivity index (χ2n) is 9.31. The molecular formula is C33H31NO6S. The number of amides is 2. The SMILES string of the molecule is CCOc1cc(/C=C2\SC(=O)N(CCOc3cccc4ccccc34)C2=O)ccc1OCCOc1ccc(C)cc1. The van der Waals surface area contributed by atoms with Gasteiger partial charge in [-0.05, 0) is 73.0 Å². The highest BCUT2D eigenvalue weighted by molar-refractivity contribution is 8.18. The van der Waals surface area contributed by atoms with Gasteiger partial charge in [0.25, 0.3) is 11.1 Å². The van der Waals surface area contributed by atoms with Crippen molar-refractivity contribution >= 4 is 39.8 Å². The Bertz CT molecular complexity index is 1560. The van der Waals surface area contributed by atoms with Crippen molar-refractivity contribution in [1.82, 2.24) is 4.90 Å². The first kappa shape index (κ1) is 28.1. The molecule has 1 aliphatic rings. The van der Waals surface area contributed by atoms with Gasteiger partial charge in [-0.1, -0.05) is 60.2 Å². The van der Waals surface area contributed by atoms with E-state index in [0.717, 1.165) is 39.6 Å². The zero-order valence-corrected chi connectivity index (χ0v) is 23.8. The maximum Gasteiger partial charge on any atom is 0.293 e. The van der Waals surface area contributed by atoms with E-state index in [4.69, 9.17) is 18.9 Å². The highest BCUT2D eigenvalue weighted by Crippen LogP contribution is 2.35. The molecule has 41 heavy (non-hydrogen) atoms. The summed E-state index contributed by atoms with van der Waals surface area (Å²) in [7, 11) is 0. The van der Waals surface area contributed by atoms with E-state index in [9.17, 15) is 9.59 Å². The lowest BCUT2D eigenvalue weighted by molar-refractivity contribution is -0.123. The van der Waals surface area contributed by atoms with Crippen molar-refractivity contribution in [3.05, 3.63) is 101 Å². The van der Waals surface area contributed by atoms with Crippen molar-refractivity contribution in [2.75, 3.05) is 33.0 Å². The molecule has 1 fully saturated rings. The van der Waals surface area contributed by atoms with E-state index in [2.05, 4.69) is 0 Å². The molecular weight excluding hydrogens is 538 g/mol. The Morgan fingerprint density at radius 2 is 1.51 bits per heavy atom. The zero-order chi connectivity index (χ0) is 28.6. The fraction of sp³-hybridized carbons (Fsp3) is 0.212. The van der Waals surface area contributed by atoms with Gasteiger partial charge in [0.2, 0.25) is 0 Å². The molecule has 0 aromatic heterocycles. The number of aryl methyl sites for hydroxylation is 1. The number of fused-ring (bicyclic) bond motifs is 1. The topological polar surface area (TPSA) is 74.3 Å². The molecule has 7 nitrogen and oxygen atoms in total. The zero-order valence-electron chi connectivity index (χ0n) is 23.0. The highest BCUT2D eigenvalue weighted by Gasteiger charge is 2.34. The van der Waals surface area contributed by atoms with E-state index in [-0.39, 0.29) is 24.3 Å². The number of imide groups is 1. The van der Waals surface area contributed by atoms with Crippen molar-refractivity contribution < 1.29 is 28.5 Å². The lowest BCUT2D eigenvalue weighted by Gasteiger charge is -2.14. The average Bonchev–Trinajstić information content (AvgIpc) is 3.24. The summed E-state index contributed by atoms with van der Waals surface area (Å²) in [6.45, 7) is 5.46. The third-order valence-corrected chi connectivity index (χ3v) is 7.30. The molecule has 0 bridgehead atoms. The number of rotatable bonds is 12. The third kappa shape index (κ3) is 7.02. The van der Waals surface area contributed by atoms with Gasteiger partial charge in [0.05, 0.1) is 18.1 Å². The summed E-state index contributed by atoms with van der Waals surface area (Å²) in [6.07, 6.45) is 1.70. The summed E-state index contributed by atoms with van der Waals surface area (Å²) < 4.78 is 23.4. The van der Waals surface area contributed by atoms with Crippen LogP contribution in [0.4, 0.5) is 4.79 Å². The number of nitrogens with zero attached hydrogens (tertiary/aromatic N) is 1. The summed E-state index contributed by atoms with van der Waals surface area (Å²) in [5.74, 6) is 2.30. The maximum atomic E-state index is 13.1. The minimum Gasteiger partial charge on any atom is -0.491 e. The molecule has 4 aromatic rings. The normalized spacial score (nSPS) is 14.1. The number of hydrogen-bond donors (Lipinski definition) is 0. The average molecular weight is 570 g/mol. The summed E-state index contributed by atoms with van der Waals surface area (Å²) in [6, 6.07) is 27.0. The lowest BCUT2D eigenvalue weighted by atomic mass is 10.1. The van der Waals surface area contributed by atoms with Crippen LogP contribution < -0.4 is 18.9 Å². The minimum absolute atomic E-state index is 0.160. The molecule has 0 unspecified atom stereocenters. The van der Waals surface area contributed by atoms with Crippen LogP contribution in [0.5, 0.6) is 23.0 Å². The monoisotopic (exact) mass is 569 g/mol. The Morgan fingerprint density at radius 1 is 0.756 bits per heavy atom. The molecule has 210 valence electrons. The van der Waals surface area contributed by atoms with E-state index in [1.165, 1.54) is 10.5 Å². The van der Waals surface area contributed by atoms with Gasteiger partial charge in [-0.25, -0.2) is 0 Å². The van der Waals surface area contributed by atoms with Crippen molar-refractivity contribution in [3.8, 4) is 23.0 Å². The van der Waals surface area contributed by atoms with Gasteiger partial charge in [0, 0.05) is 5.39 Å². The highest BCUT2D eigenvalue weighted by atomic mass is 32.2. The van der Waals surface area contributed by atoms with Crippen LogP contribution in [0.1, 0.15) is 18.1 Å². The van der Waals surface area contributed by atoms with Crippen LogP contribution in [0.15, 0.2) is 89.8 Å². The van der Waals surface area contributed by atoms with E-state index in [1.54, 1.807) is 18.2 Å².